The fourth-order valence-corrected chi connectivity index (χ4v) is 2.53. The minimum Gasteiger partial charge on any atom is -0.313 e. The number of hydrogen-bond donors (Lipinski definition) is 1. The average Bonchev–Trinajstić information content (AvgIpc) is 2.33. The van der Waals surface area contributed by atoms with E-state index in [1.807, 2.05) is 11.8 Å². The maximum Gasteiger partial charge on any atom is 0.0205 e. The number of rotatable bonds is 8. The molecule has 2 heteroatoms. The molecule has 1 N–H and O–H groups in total. The van der Waals surface area contributed by atoms with Gasteiger partial charge in [0.15, 0.2) is 0 Å². The van der Waals surface area contributed by atoms with Crippen molar-refractivity contribution in [1.29, 1.82) is 0 Å². The maximum atomic E-state index is 3.34. The van der Waals surface area contributed by atoms with Crippen molar-refractivity contribution >= 4 is 11.8 Å². The van der Waals surface area contributed by atoms with E-state index in [2.05, 4.69) is 50.4 Å². The van der Waals surface area contributed by atoms with Gasteiger partial charge in [-0.25, -0.2) is 0 Å². The van der Waals surface area contributed by atoms with Crippen molar-refractivity contribution in [2.24, 2.45) is 5.92 Å². The van der Waals surface area contributed by atoms with Crippen molar-refractivity contribution in [2.45, 2.75) is 45.1 Å². The van der Waals surface area contributed by atoms with Crippen LogP contribution in [0.25, 0.3) is 0 Å². The Bertz CT molecular complexity index is 292. The van der Waals surface area contributed by atoms with Gasteiger partial charge in [-0.3, -0.25) is 0 Å². The van der Waals surface area contributed by atoms with E-state index in [4.69, 9.17) is 0 Å². The lowest BCUT2D eigenvalue weighted by molar-refractivity contribution is 0.579. The van der Waals surface area contributed by atoms with Crippen LogP contribution in [0.15, 0.2) is 29.2 Å². The topological polar surface area (TPSA) is 12.0 Å². The molecule has 0 aromatic heterocycles. The lowest BCUT2D eigenvalue weighted by Crippen LogP contribution is -2.11. The van der Waals surface area contributed by atoms with Gasteiger partial charge in [0, 0.05) is 11.4 Å². The molecule has 0 bridgehead atoms. The Balaban J connectivity index is 2.25. The van der Waals surface area contributed by atoms with Gasteiger partial charge in [-0.2, -0.15) is 0 Å². The molecule has 0 saturated carbocycles. The molecule has 0 unspecified atom stereocenters. The third kappa shape index (κ3) is 6.75. The largest absolute Gasteiger partial charge is 0.313 e. The molecule has 0 aliphatic heterocycles. The van der Waals surface area contributed by atoms with E-state index in [9.17, 15) is 0 Å². The zero-order valence-corrected chi connectivity index (χ0v) is 12.1. The second kappa shape index (κ2) is 8.60. The summed E-state index contributed by atoms with van der Waals surface area (Å²) < 4.78 is 0. The lowest BCUT2D eigenvalue weighted by Gasteiger charge is -2.06. The molecule has 0 amide bonds. The first-order valence-corrected chi connectivity index (χ1v) is 7.63. The van der Waals surface area contributed by atoms with Gasteiger partial charge in [-0.15, -0.1) is 11.8 Å². The van der Waals surface area contributed by atoms with Crippen LogP contribution in [-0.2, 0) is 6.54 Å². The van der Waals surface area contributed by atoms with Gasteiger partial charge in [0.1, 0.15) is 0 Å². The van der Waals surface area contributed by atoms with Crippen molar-refractivity contribution < 1.29 is 0 Å². The molecule has 1 rings (SSSR count). The molecular formula is C15H25NS. The van der Waals surface area contributed by atoms with E-state index >= 15 is 0 Å². The first kappa shape index (κ1) is 14.6. The molecule has 1 aromatic carbocycles. The summed E-state index contributed by atoms with van der Waals surface area (Å²) in [6.45, 7) is 8.74. The Hall–Kier alpha value is -0.470. The first-order chi connectivity index (χ1) is 8.22. The van der Waals surface area contributed by atoms with Gasteiger partial charge in [-0.05, 0) is 42.3 Å². The summed E-state index contributed by atoms with van der Waals surface area (Å²) >= 11 is 1.97. The number of nitrogens with one attached hydrogen (secondary N) is 1. The van der Waals surface area contributed by atoms with Gasteiger partial charge >= 0.3 is 0 Å². The zero-order chi connectivity index (χ0) is 12.5. The van der Waals surface area contributed by atoms with Crippen LogP contribution in [0.1, 0.15) is 39.2 Å². The van der Waals surface area contributed by atoms with E-state index in [0.717, 1.165) is 19.0 Å². The molecule has 0 saturated heterocycles. The maximum absolute atomic E-state index is 3.34. The highest BCUT2D eigenvalue weighted by Crippen LogP contribution is 2.20. The molecule has 1 nitrogen and oxygen atoms in total. The third-order valence-corrected chi connectivity index (χ3v) is 3.80. The second-order valence-electron chi connectivity index (χ2n) is 4.81. The van der Waals surface area contributed by atoms with E-state index in [1.165, 1.54) is 29.1 Å². The van der Waals surface area contributed by atoms with Crippen LogP contribution >= 0.6 is 11.8 Å². The predicted molar refractivity (Wildman–Crippen MR) is 78.6 cm³/mol. The Morgan fingerprint density at radius 2 is 1.88 bits per heavy atom. The van der Waals surface area contributed by atoms with Crippen LogP contribution in [-0.4, -0.2) is 12.3 Å². The van der Waals surface area contributed by atoms with Crippen LogP contribution < -0.4 is 5.32 Å². The molecule has 0 spiro atoms. The van der Waals surface area contributed by atoms with E-state index in [1.54, 1.807) is 0 Å². The molecule has 1 aromatic rings. The van der Waals surface area contributed by atoms with Gasteiger partial charge in [-0.1, -0.05) is 39.3 Å². The summed E-state index contributed by atoms with van der Waals surface area (Å²) in [5.41, 5.74) is 1.37. The number of thioether (sulfide) groups is 1. The van der Waals surface area contributed by atoms with Crippen molar-refractivity contribution in [3.63, 3.8) is 0 Å². The average molecular weight is 251 g/mol. The lowest BCUT2D eigenvalue weighted by atomic mass is 10.1. The fourth-order valence-electron chi connectivity index (χ4n) is 1.65. The summed E-state index contributed by atoms with van der Waals surface area (Å²) in [5.74, 6) is 2.07. The highest BCUT2D eigenvalue weighted by molar-refractivity contribution is 7.99. The third-order valence-electron chi connectivity index (χ3n) is 2.70. The molecule has 0 atom stereocenters. The number of hydrogen-bond acceptors (Lipinski definition) is 2. The smallest absolute Gasteiger partial charge is 0.0205 e. The predicted octanol–water partition coefficient (Wildman–Crippen LogP) is 4.32. The van der Waals surface area contributed by atoms with Crippen LogP contribution in [0.2, 0.25) is 0 Å². The normalized spacial score (nSPS) is 11.1. The summed E-state index contributed by atoms with van der Waals surface area (Å²) in [5, 5.41) is 3.34. The molecule has 0 aliphatic rings. The molecule has 96 valence electrons. The SMILES string of the molecule is CCNCc1ccc(SCCCC(C)C)cc1. The quantitative estimate of drug-likeness (QED) is 0.545. The van der Waals surface area contributed by atoms with Gasteiger partial charge in [0.05, 0.1) is 0 Å². The monoisotopic (exact) mass is 251 g/mol. The van der Waals surface area contributed by atoms with Gasteiger partial charge in [0.2, 0.25) is 0 Å². The zero-order valence-electron chi connectivity index (χ0n) is 11.3. The molecule has 0 heterocycles. The van der Waals surface area contributed by atoms with Crippen molar-refractivity contribution in [3.8, 4) is 0 Å². The minimum atomic E-state index is 0.832. The highest BCUT2D eigenvalue weighted by Gasteiger charge is 1.97. The summed E-state index contributed by atoms with van der Waals surface area (Å²) in [6.07, 6.45) is 2.66. The molecule has 17 heavy (non-hydrogen) atoms. The van der Waals surface area contributed by atoms with Gasteiger partial charge in [0.25, 0.3) is 0 Å². The van der Waals surface area contributed by atoms with Crippen LogP contribution in [0.3, 0.4) is 0 Å². The Morgan fingerprint density at radius 1 is 1.18 bits per heavy atom. The van der Waals surface area contributed by atoms with E-state index in [-0.39, 0.29) is 0 Å². The molecule has 0 radical (unpaired) electrons. The number of benzene rings is 1. The van der Waals surface area contributed by atoms with Crippen LogP contribution in [0.4, 0.5) is 0 Å². The second-order valence-corrected chi connectivity index (χ2v) is 5.98. The summed E-state index contributed by atoms with van der Waals surface area (Å²) in [6, 6.07) is 8.94. The van der Waals surface area contributed by atoms with Crippen molar-refractivity contribution in [2.75, 3.05) is 12.3 Å². The Labute approximate surface area is 110 Å². The first-order valence-electron chi connectivity index (χ1n) is 6.64. The summed E-state index contributed by atoms with van der Waals surface area (Å²) in [7, 11) is 0. The highest BCUT2D eigenvalue weighted by atomic mass is 32.2. The molecular weight excluding hydrogens is 226 g/mol. The van der Waals surface area contributed by atoms with E-state index in [0.29, 0.717) is 0 Å². The minimum absolute atomic E-state index is 0.832. The standard InChI is InChI=1S/C15H25NS/c1-4-16-12-14-7-9-15(10-8-14)17-11-5-6-13(2)3/h7-10,13,16H,4-6,11-12H2,1-3H3. The van der Waals surface area contributed by atoms with Crippen molar-refractivity contribution in [3.05, 3.63) is 29.8 Å². The van der Waals surface area contributed by atoms with Crippen LogP contribution in [0, 0.1) is 5.92 Å². The molecule has 0 fully saturated rings. The fraction of sp³-hybridized carbons (Fsp3) is 0.600. The van der Waals surface area contributed by atoms with Crippen LogP contribution in [0.5, 0.6) is 0 Å². The van der Waals surface area contributed by atoms with E-state index < -0.39 is 0 Å². The Morgan fingerprint density at radius 3 is 2.47 bits per heavy atom. The molecule has 0 aliphatic carbocycles. The Kier molecular flexibility index (Phi) is 7.38. The summed E-state index contributed by atoms with van der Waals surface area (Å²) in [4.78, 5) is 1.40. The van der Waals surface area contributed by atoms with Gasteiger partial charge < -0.3 is 5.32 Å². The van der Waals surface area contributed by atoms with Crippen molar-refractivity contribution in [1.82, 2.24) is 5.32 Å².